The van der Waals surface area contributed by atoms with Gasteiger partial charge in [0.15, 0.2) is 11.6 Å². The smallest absolute Gasteiger partial charge is 0.257 e. The van der Waals surface area contributed by atoms with Crippen LogP contribution in [0.2, 0.25) is 0 Å². The Kier molecular flexibility index (Phi) is 7.71. The molecule has 0 radical (unpaired) electrons. The monoisotopic (exact) mass is 509 g/mol. The summed E-state index contributed by atoms with van der Waals surface area (Å²) in [6.07, 6.45) is 5.42. The van der Waals surface area contributed by atoms with Gasteiger partial charge < -0.3 is 19.3 Å². The summed E-state index contributed by atoms with van der Waals surface area (Å²) in [4.78, 5) is 28.4. The van der Waals surface area contributed by atoms with E-state index in [0.29, 0.717) is 23.9 Å². The number of hydrogen-bond acceptors (Lipinski definition) is 7. The van der Waals surface area contributed by atoms with Crippen molar-refractivity contribution in [1.82, 2.24) is 19.8 Å². The Morgan fingerprint density at radius 3 is 2.57 bits per heavy atom. The highest BCUT2D eigenvalue weighted by atomic mass is 19.1. The maximum Gasteiger partial charge on any atom is 0.257 e. The molecule has 0 aliphatic carbocycles. The fourth-order valence-corrected chi connectivity index (χ4v) is 5.63. The summed E-state index contributed by atoms with van der Waals surface area (Å²) in [5.74, 6) is 1.40. The van der Waals surface area contributed by atoms with Gasteiger partial charge in [0.2, 0.25) is 0 Å². The molecule has 0 unspecified atom stereocenters. The Morgan fingerprint density at radius 2 is 1.89 bits per heavy atom. The van der Waals surface area contributed by atoms with E-state index in [2.05, 4.69) is 19.8 Å². The molecular weight excluding hydrogens is 473 g/mol. The predicted molar refractivity (Wildman–Crippen MR) is 140 cm³/mol. The highest BCUT2D eigenvalue weighted by Crippen LogP contribution is 2.37. The second kappa shape index (κ2) is 11.1. The Bertz CT molecular complexity index is 1150. The number of anilines is 1. The standard InChI is InChI=1S/C28H36FN5O3/c1-4-34(19(2)3)28(35)24-11-23(29)5-6-25(24)37-26-12-30-18-31-27(26)33-16-21-14-32(15-22(21)17-33)13-20-7-9-36-10-8-20/h5-6,11-12,18-20H,4,7-10,13-17H2,1-3H3. The fourth-order valence-electron chi connectivity index (χ4n) is 5.63. The lowest BCUT2D eigenvalue weighted by atomic mass is 10.00. The first-order chi connectivity index (χ1) is 17.9. The van der Waals surface area contributed by atoms with Gasteiger partial charge in [-0.05, 0) is 68.9 Å². The lowest BCUT2D eigenvalue weighted by Gasteiger charge is -2.29. The van der Waals surface area contributed by atoms with Crippen molar-refractivity contribution in [2.75, 3.05) is 57.4 Å². The first-order valence-electron chi connectivity index (χ1n) is 13.3. The summed E-state index contributed by atoms with van der Waals surface area (Å²) in [6, 6.07) is 4.03. The molecule has 0 N–H and O–H groups in total. The maximum atomic E-state index is 14.2. The minimum atomic E-state index is -0.481. The zero-order valence-electron chi connectivity index (χ0n) is 22.0. The van der Waals surface area contributed by atoms with E-state index in [-0.39, 0.29) is 17.5 Å². The zero-order chi connectivity index (χ0) is 25.9. The molecule has 3 aliphatic heterocycles. The Hall–Kier alpha value is -3.04. The molecule has 3 aliphatic rings. The lowest BCUT2D eigenvalue weighted by Crippen LogP contribution is -2.36. The molecule has 5 rings (SSSR count). The highest BCUT2D eigenvalue weighted by Gasteiger charge is 2.33. The van der Waals surface area contributed by atoms with Crippen LogP contribution in [0.5, 0.6) is 11.5 Å². The van der Waals surface area contributed by atoms with E-state index in [1.807, 2.05) is 20.8 Å². The van der Waals surface area contributed by atoms with E-state index in [9.17, 15) is 9.18 Å². The van der Waals surface area contributed by atoms with Crippen molar-refractivity contribution in [3.63, 3.8) is 0 Å². The highest BCUT2D eigenvalue weighted by molar-refractivity contribution is 5.97. The number of halogens is 1. The van der Waals surface area contributed by atoms with Gasteiger partial charge in [-0.2, -0.15) is 0 Å². The van der Waals surface area contributed by atoms with Crippen molar-refractivity contribution in [2.24, 2.45) is 5.92 Å². The third-order valence-electron chi connectivity index (χ3n) is 7.52. The van der Waals surface area contributed by atoms with Crippen molar-refractivity contribution >= 4 is 11.7 Å². The Morgan fingerprint density at radius 1 is 1.16 bits per heavy atom. The van der Waals surface area contributed by atoms with Gasteiger partial charge in [-0.25, -0.2) is 14.4 Å². The van der Waals surface area contributed by atoms with Crippen LogP contribution in [-0.2, 0) is 4.74 Å². The summed E-state index contributed by atoms with van der Waals surface area (Å²) in [7, 11) is 0. The summed E-state index contributed by atoms with van der Waals surface area (Å²) in [5.41, 5.74) is 3.09. The van der Waals surface area contributed by atoms with E-state index in [1.54, 1.807) is 11.1 Å². The lowest BCUT2D eigenvalue weighted by molar-refractivity contribution is 0.0557. The first kappa shape index (κ1) is 25.6. The number of nitrogens with zero attached hydrogens (tertiary/aromatic N) is 5. The van der Waals surface area contributed by atoms with Crippen LogP contribution in [-0.4, -0.2) is 84.2 Å². The molecule has 2 aromatic rings. The zero-order valence-corrected chi connectivity index (χ0v) is 22.0. The molecule has 37 heavy (non-hydrogen) atoms. The third kappa shape index (κ3) is 5.62. The Balaban J connectivity index is 1.29. The number of amides is 1. The van der Waals surface area contributed by atoms with E-state index < -0.39 is 5.82 Å². The van der Waals surface area contributed by atoms with Crippen LogP contribution >= 0.6 is 0 Å². The van der Waals surface area contributed by atoms with Gasteiger partial charge in [0, 0.05) is 58.5 Å². The molecule has 0 saturated carbocycles. The largest absolute Gasteiger partial charge is 0.451 e. The SMILES string of the molecule is CCN(C(=O)c1cc(F)ccc1Oc1cncnc1N1CC2=C(CN(CC3CCOCC3)C2)C1)C(C)C. The van der Waals surface area contributed by atoms with Crippen LogP contribution < -0.4 is 9.64 Å². The molecule has 1 aromatic carbocycles. The second-order valence-electron chi connectivity index (χ2n) is 10.4. The average Bonchev–Trinajstić information content (AvgIpc) is 3.45. The quantitative estimate of drug-likeness (QED) is 0.496. The van der Waals surface area contributed by atoms with Crippen molar-refractivity contribution in [3.05, 3.63) is 53.3 Å². The number of carbonyl (C=O) groups excluding carboxylic acids is 1. The van der Waals surface area contributed by atoms with E-state index in [1.165, 1.54) is 35.7 Å². The van der Waals surface area contributed by atoms with Crippen molar-refractivity contribution in [3.8, 4) is 11.5 Å². The van der Waals surface area contributed by atoms with Crippen LogP contribution in [0, 0.1) is 11.7 Å². The number of aromatic nitrogens is 2. The molecule has 1 fully saturated rings. The fraction of sp³-hybridized carbons (Fsp3) is 0.536. The van der Waals surface area contributed by atoms with Crippen LogP contribution in [0.15, 0.2) is 41.9 Å². The maximum absolute atomic E-state index is 14.2. The average molecular weight is 510 g/mol. The molecule has 0 spiro atoms. The van der Waals surface area contributed by atoms with Crippen molar-refractivity contribution < 1.29 is 18.7 Å². The summed E-state index contributed by atoms with van der Waals surface area (Å²) >= 11 is 0. The van der Waals surface area contributed by atoms with Gasteiger partial charge >= 0.3 is 0 Å². The van der Waals surface area contributed by atoms with Crippen LogP contribution in [0.4, 0.5) is 10.2 Å². The second-order valence-corrected chi connectivity index (χ2v) is 10.4. The number of ether oxygens (including phenoxy) is 2. The van der Waals surface area contributed by atoms with Crippen LogP contribution in [0.1, 0.15) is 44.0 Å². The summed E-state index contributed by atoms with van der Waals surface area (Å²) in [6.45, 7) is 12.8. The molecular formula is C28H36FN5O3. The van der Waals surface area contributed by atoms with Gasteiger partial charge in [-0.1, -0.05) is 0 Å². The molecule has 198 valence electrons. The molecule has 8 nitrogen and oxygen atoms in total. The molecule has 0 atom stereocenters. The summed E-state index contributed by atoms with van der Waals surface area (Å²) in [5, 5.41) is 0. The van der Waals surface area contributed by atoms with Gasteiger partial charge in [0.25, 0.3) is 5.91 Å². The Labute approximate surface area is 218 Å². The number of rotatable bonds is 8. The molecule has 0 bridgehead atoms. The topological polar surface area (TPSA) is 71.0 Å². The number of benzene rings is 1. The minimum absolute atomic E-state index is 0.0201. The molecule has 4 heterocycles. The van der Waals surface area contributed by atoms with E-state index >= 15 is 0 Å². The minimum Gasteiger partial charge on any atom is -0.451 e. The van der Waals surface area contributed by atoms with Gasteiger partial charge in [-0.3, -0.25) is 9.69 Å². The third-order valence-corrected chi connectivity index (χ3v) is 7.52. The van der Waals surface area contributed by atoms with E-state index in [4.69, 9.17) is 9.47 Å². The van der Waals surface area contributed by atoms with Crippen LogP contribution in [0.3, 0.4) is 0 Å². The molecule has 1 amide bonds. The number of carbonyl (C=O) groups is 1. The van der Waals surface area contributed by atoms with Crippen LogP contribution in [0.25, 0.3) is 0 Å². The summed E-state index contributed by atoms with van der Waals surface area (Å²) < 4.78 is 25.9. The van der Waals surface area contributed by atoms with Gasteiger partial charge in [0.1, 0.15) is 17.9 Å². The molecule has 1 saturated heterocycles. The van der Waals surface area contributed by atoms with Gasteiger partial charge in [-0.15, -0.1) is 0 Å². The first-order valence-corrected chi connectivity index (χ1v) is 13.3. The van der Waals surface area contributed by atoms with Crippen molar-refractivity contribution in [2.45, 2.75) is 39.7 Å². The molecule has 9 heteroatoms. The van der Waals surface area contributed by atoms with E-state index in [0.717, 1.165) is 64.7 Å². The number of hydrogen-bond donors (Lipinski definition) is 0. The van der Waals surface area contributed by atoms with Gasteiger partial charge in [0.05, 0.1) is 11.8 Å². The normalized spacial score (nSPS) is 18.6. The van der Waals surface area contributed by atoms with Crippen molar-refractivity contribution in [1.29, 1.82) is 0 Å². The molecule has 1 aromatic heterocycles. The predicted octanol–water partition coefficient (Wildman–Crippen LogP) is 4.14.